The third kappa shape index (κ3) is 2.92. The Morgan fingerprint density at radius 2 is 2.18 bits per heavy atom. The molecule has 0 radical (unpaired) electrons. The van der Waals surface area contributed by atoms with Crippen molar-refractivity contribution in [1.82, 2.24) is 25.3 Å². The minimum absolute atomic E-state index is 0.279. The van der Waals surface area contributed by atoms with Gasteiger partial charge >= 0.3 is 12.1 Å². The quantitative estimate of drug-likeness (QED) is 0.549. The number of aromatic amines is 1. The van der Waals surface area contributed by atoms with Crippen LogP contribution >= 0.6 is 0 Å². The minimum atomic E-state index is -0.522. The Kier molecular flexibility index (Phi) is 4.17. The summed E-state index contributed by atoms with van der Waals surface area (Å²) < 4.78 is 5.14. The minimum Gasteiger partial charge on any atom is -0.446 e. The Bertz CT molecular complexity index is 1080. The van der Waals surface area contributed by atoms with Gasteiger partial charge in [-0.25, -0.2) is 24.6 Å². The van der Waals surface area contributed by atoms with Gasteiger partial charge in [0.05, 0.1) is 22.1 Å². The van der Waals surface area contributed by atoms with Crippen LogP contribution in [0.3, 0.4) is 0 Å². The van der Waals surface area contributed by atoms with Gasteiger partial charge in [-0.3, -0.25) is 5.43 Å². The molecule has 0 spiro atoms. The fraction of sp³-hybridized carbons (Fsp3) is 0.333. The molecule has 0 atom stereocenters. The average molecular weight is 383 g/mol. The highest BCUT2D eigenvalue weighted by molar-refractivity contribution is 6.15. The zero-order valence-corrected chi connectivity index (χ0v) is 15.8. The number of ether oxygens (including phenoxy) is 1. The summed E-state index contributed by atoms with van der Waals surface area (Å²) in [7, 11) is 0. The molecular formula is C18H21N7O3. The molecule has 28 heavy (non-hydrogen) atoms. The maximum atomic E-state index is 12.1. The Labute approximate surface area is 160 Å². The highest BCUT2D eigenvalue weighted by Crippen LogP contribution is 2.34. The number of carbonyl (C=O) groups excluding carboxylic acids is 2. The third-order valence-electron chi connectivity index (χ3n) is 4.56. The van der Waals surface area contributed by atoms with Crippen molar-refractivity contribution in [1.29, 1.82) is 0 Å². The van der Waals surface area contributed by atoms with E-state index in [-0.39, 0.29) is 12.6 Å². The van der Waals surface area contributed by atoms with E-state index in [1.54, 1.807) is 6.07 Å². The van der Waals surface area contributed by atoms with E-state index in [0.29, 0.717) is 29.1 Å². The number of rotatable bonds is 4. The molecule has 0 aliphatic carbocycles. The molecule has 3 heterocycles. The molecule has 1 saturated heterocycles. The zero-order valence-electron chi connectivity index (χ0n) is 15.8. The average Bonchev–Trinajstić information content (AvgIpc) is 3.15. The van der Waals surface area contributed by atoms with Crippen LogP contribution in [0.5, 0.6) is 0 Å². The fourth-order valence-corrected chi connectivity index (χ4v) is 3.18. The van der Waals surface area contributed by atoms with Crippen LogP contribution < -0.4 is 16.1 Å². The van der Waals surface area contributed by atoms with Crippen molar-refractivity contribution >= 4 is 45.6 Å². The molecule has 10 nitrogen and oxygen atoms in total. The van der Waals surface area contributed by atoms with Crippen molar-refractivity contribution in [2.75, 3.05) is 23.9 Å². The molecule has 0 saturated carbocycles. The Hall–Kier alpha value is -3.56. The van der Waals surface area contributed by atoms with Gasteiger partial charge in [-0.1, -0.05) is 12.1 Å². The number of hydrogen-bond acceptors (Lipinski definition) is 6. The van der Waals surface area contributed by atoms with Crippen molar-refractivity contribution < 1.29 is 14.3 Å². The first-order chi connectivity index (χ1) is 13.4. The number of cyclic esters (lactones) is 1. The molecular weight excluding hydrogens is 362 g/mol. The zero-order chi connectivity index (χ0) is 19.9. The van der Waals surface area contributed by atoms with Crippen molar-refractivity contribution in [3.8, 4) is 0 Å². The van der Waals surface area contributed by atoms with E-state index >= 15 is 0 Å². The first-order valence-electron chi connectivity index (χ1n) is 8.94. The monoisotopic (exact) mass is 383 g/mol. The Morgan fingerprint density at radius 3 is 2.89 bits per heavy atom. The van der Waals surface area contributed by atoms with Gasteiger partial charge in [-0.15, -0.1) is 0 Å². The number of aromatic nitrogens is 3. The molecule has 0 bridgehead atoms. The van der Waals surface area contributed by atoms with E-state index in [9.17, 15) is 9.59 Å². The van der Waals surface area contributed by atoms with Crippen LogP contribution in [-0.4, -0.2) is 50.8 Å². The van der Waals surface area contributed by atoms with E-state index in [4.69, 9.17) is 4.74 Å². The molecule has 1 aliphatic heterocycles. The second-order valence-corrected chi connectivity index (χ2v) is 7.10. The second-order valence-electron chi connectivity index (χ2n) is 7.10. The summed E-state index contributed by atoms with van der Waals surface area (Å²) >= 11 is 0. The number of para-hydroxylation sites is 1. The number of nitrogens with zero attached hydrogens (tertiary/aromatic N) is 3. The summed E-state index contributed by atoms with van der Waals surface area (Å²) in [6.45, 7) is 6.44. The summed E-state index contributed by atoms with van der Waals surface area (Å²) in [4.78, 5) is 35.9. The smallest absolute Gasteiger partial charge is 0.429 e. The van der Waals surface area contributed by atoms with Gasteiger partial charge in [-0.05, 0) is 26.8 Å². The predicted octanol–water partition coefficient (Wildman–Crippen LogP) is 2.81. The van der Waals surface area contributed by atoms with E-state index in [2.05, 4.69) is 31.0 Å². The topological polar surface area (TPSA) is 124 Å². The number of anilines is 2. The van der Waals surface area contributed by atoms with Gasteiger partial charge < -0.3 is 20.4 Å². The molecule has 1 aromatic carbocycles. The van der Waals surface area contributed by atoms with Gasteiger partial charge in [0.15, 0.2) is 5.82 Å². The number of benzene rings is 1. The first kappa shape index (κ1) is 17.8. The first-order valence-corrected chi connectivity index (χ1v) is 8.94. The Balaban J connectivity index is 1.79. The van der Waals surface area contributed by atoms with E-state index < -0.39 is 11.6 Å². The number of nitrogens with one attached hydrogen (secondary N) is 4. The standard InChI is InChI=1S/C18H21N7O3/c1-4-19-16(26)22-11-7-5-6-10-12-14(23-13(10)11)20-9-21-15(12)24-25-17(27)28-8-18(25,2)3/h5-7,9H,4,8H2,1-3H3,(H2,19,22,26)(H2,20,21,23,24). The molecule has 0 unspecified atom stereocenters. The SMILES string of the molecule is CCNC(=O)Nc1cccc2c1[nH]c1ncnc(NN3C(=O)OCC3(C)C)c12. The molecule has 10 heteroatoms. The van der Waals surface area contributed by atoms with Crippen molar-refractivity contribution in [3.05, 3.63) is 24.5 Å². The van der Waals surface area contributed by atoms with Crippen molar-refractivity contribution in [3.63, 3.8) is 0 Å². The summed E-state index contributed by atoms with van der Waals surface area (Å²) in [5, 5.41) is 8.48. The van der Waals surface area contributed by atoms with Crippen molar-refractivity contribution in [2.24, 2.45) is 0 Å². The number of carbonyl (C=O) groups is 2. The maximum Gasteiger partial charge on any atom is 0.429 e. The molecule has 4 N–H and O–H groups in total. The van der Waals surface area contributed by atoms with Gasteiger partial charge in [-0.2, -0.15) is 0 Å². The molecule has 146 valence electrons. The summed E-state index contributed by atoms with van der Waals surface area (Å²) in [5.41, 5.74) is 4.47. The molecule has 3 aromatic rings. The van der Waals surface area contributed by atoms with Crippen LogP contribution in [0.2, 0.25) is 0 Å². The fourth-order valence-electron chi connectivity index (χ4n) is 3.18. The van der Waals surface area contributed by atoms with E-state index in [0.717, 1.165) is 10.9 Å². The molecule has 4 rings (SSSR count). The lowest BCUT2D eigenvalue weighted by Gasteiger charge is -2.28. The van der Waals surface area contributed by atoms with Crippen molar-refractivity contribution in [2.45, 2.75) is 26.3 Å². The third-order valence-corrected chi connectivity index (χ3v) is 4.56. The van der Waals surface area contributed by atoms with Gasteiger partial charge in [0.25, 0.3) is 0 Å². The second kappa shape index (κ2) is 6.55. The predicted molar refractivity (Wildman–Crippen MR) is 105 cm³/mol. The number of hydrazine groups is 1. The van der Waals surface area contributed by atoms with Crippen LogP contribution in [0.4, 0.5) is 21.1 Å². The largest absolute Gasteiger partial charge is 0.446 e. The normalized spacial score (nSPS) is 15.7. The lowest BCUT2D eigenvalue weighted by molar-refractivity contribution is 0.162. The molecule has 2 aromatic heterocycles. The number of hydrogen-bond donors (Lipinski definition) is 4. The van der Waals surface area contributed by atoms with Gasteiger partial charge in [0.2, 0.25) is 0 Å². The van der Waals surface area contributed by atoms with Crippen LogP contribution in [0, 0.1) is 0 Å². The molecule has 1 aliphatic rings. The summed E-state index contributed by atoms with van der Waals surface area (Å²) in [6.07, 6.45) is 0.945. The number of urea groups is 1. The van der Waals surface area contributed by atoms with Crippen LogP contribution in [0.25, 0.3) is 21.9 Å². The van der Waals surface area contributed by atoms with Crippen LogP contribution in [0.1, 0.15) is 20.8 Å². The van der Waals surface area contributed by atoms with Gasteiger partial charge in [0.1, 0.15) is 18.6 Å². The van der Waals surface area contributed by atoms with E-state index in [1.807, 2.05) is 32.9 Å². The number of amides is 3. The lowest BCUT2D eigenvalue weighted by atomic mass is 10.1. The number of fused-ring (bicyclic) bond motifs is 3. The van der Waals surface area contributed by atoms with Crippen LogP contribution in [0.15, 0.2) is 24.5 Å². The number of H-pyrrole nitrogens is 1. The Morgan fingerprint density at radius 1 is 1.36 bits per heavy atom. The highest BCUT2D eigenvalue weighted by Gasteiger charge is 2.41. The summed E-state index contributed by atoms with van der Waals surface area (Å²) in [6, 6.07) is 5.25. The van der Waals surface area contributed by atoms with E-state index in [1.165, 1.54) is 11.3 Å². The highest BCUT2D eigenvalue weighted by atomic mass is 16.6. The molecule has 1 fully saturated rings. The lowest BCUT2D eigenvalue weighted by Crippen LogP contribution is -2.45. The molecule has 3 amide bonds. The summed E-state index contributed by atoms with van der Waals surface area (Å²) in [5.74, 6) is 0.471. The van der Waals surface area contributed by atoms with Gasteiger partial charge in [0, 0.05) is 11.9 Å². The van der Waals surface area contributed by atoms with Crippen LogP contribution in [-0.2, 0) is 4.74 Å². The maximum absolute atomic E-state index is 12.1.